The first-order valence-corrected chi connectivity index (χ1v) is 10.5. The summed E-state index contributed by atoms with van der Waals surface area (Å²) in [5.74, 6) is -0.911. The number of alkyl halides is 3. The Morgan fingerprint density at radius 2 is 2.07 bits per heavy atom. The van der Waals surface area contributed by atoms with Gasteiger partial charge in [-0.25, -0.2) is 14.4 Å². The predicted molar refractivity (Wildman–Crippen MR) is 110 cm³/mol. The lowest BCUT2D eigenvalue weighted by molar-refractivity contribution is -0.117. The van der Waals surface area contributed by atoms with Crippen molar-refractivity contribution in [2.24, 2.45) is 10.1 Å². The maximum atomic E-state index is 13.4. The van der Waals surface area contributed by atoms with Crippen LogP contribution in [0.25, 0.3) is 0 Å². The third-order valence-electron chi connectivity index (χ3n) is 4.74. The smallest absolute Gasteiger partial charge is 0.350 e. The molecule has 11 heteroatoms. The molecule has 1 amide bonds. The van der Waals surface area contributed by atoms with Gasteiger partial charge < -0.3 is 5.32 Å². The van der Waals surface area contributed by atoms with Crippen LogP contribution < -0.4 is 5.32 Å². The van der Waals surface area contributed by atoms with Gasteiger partial charge in [-0.3, -0.25) is 4.79 Å². The summed E-state index contributed by atoms with van der Waals surface area (Å²) in [6, 6.07) is 2.18. The normalized spacial score (nSPS) is 21.3. The number of benzene rings is 1. The van der Waals surface area contributed by atoms with E-state index in [0.29, 0.717) is 17.3 Å². The molecule has 0 spiro atoms. The Hall–Kier alpha value is -2.07. The van der Waals surface area contributed by atoms with Gasteiger partial charge in [0.1, 0.15) is 11.9 Å². The molecule has 0 saturated carbocycles. The van der Waals surface area contributed by atoms with Crippen LogP contribution in [0.5, 0.6) is 0 Å². The fourth-order valence-electron chi connectivity index (χ4n) is 3.13. The molecule has 3 rings (SSSR count). The van der Waals surface area contributed by atoms with Crippen molar-refractivity contribution in [1.82, 2.24) is 10.3 Å². The van der Waals surface area contributed by atoms with Crippen LogP contribution in [0.4, 0.5) is 17.6 Å². The highest BCUT2D eigenvalue weighted by Gasteiger charge is 2.48. The van der Waals surface area contributed by atoms with Gasteiger partial charge in [0, 0.05) is 17.1 Å². The summed E-state index contributed by atoms with van der Waals surface area (Å²) >= 11 is 6.55. The highest BCUT2D eigenvalue weighted by molar-refractivity contribution is 8.27. The van der Waals surface area contributed by atoms with Crippen LogP contribution in [0.3, 0.4) is 0 Å². The van der Waals surface area contributed by atoms with Crippen LogP contribution in [0, 0.1) is 5.82 Å². The SMILES string of the molecule is CCC(CC)NC(=O)/C=C/C1C(c2ccc(F)cc2Cl)N=C2SC(C(F)(F)F)=NN21. The molecule has 0 bridgehead atoms. The number of hydrazone groups is 1. The van der Waals surface area contributed by atoms with E-state index in [1.807, 2.05) is 13.8 Å². The van der Waals surface area contributed by atoms with Crippen molar-refractivity contribution in [3.63, 3.8) is 0 Å². The fraction of sp³-hybridized carbons (Fsp3) is 0.421. The third-order valence-corrected chi connectivity index (χ3v) is 6.05. The summed E-state index contributed by atoms with van der Waals surface area (Å²) in [5.41, 5.74) is 0.430. The molecule has 2 unspecified atom stereocenters. The number of fused-ring (bicyclic) bond motifs is 1. The Labute approximate surface area is 180 Å². The number of nitrogens with zero attached hydrogens (tertiary/aromatic N) is 3. The Bertz CT molecular complexity index is 914. The number of carbonyl (C=O) groups is 1. The molecule has 30 heavy (non-hydrogen) atoms. The lowest BCUT2D eigenvalue weighted by atomic mass is 10.00. The van der Waals surface area contributed by atoms with E-state index in [4.69, 9.17) is 11.6 Å². The van der Waals surface area contributed by atoms with Crippen LogP contribution >= 0.6 is 23.4 Å². The quantitative estimate of drug-likeness (QED) is 0.475. The number of rotatable bonds is 6. The topological polar surface area (TPSA) is 57.1 Å². The number of hydrogen-bond donors (Lipinski definition) is 1. The van der Waals surface area contributed by atoms with Crippen molar-refractivity contribution in [3.05, 3.63) is 46.8 Å². The maximum absolute atomic E-state index is 13.4. The first-order chi connectivity index (χ1) is 14.1. The molecule has 162 valence electrons. The van der Waals surface area contributed by atoms with E-state index in [9.17, 15) is 22.4 Å². The number of amidine groups is 1. The average Bonchev–Trinajstić information content (AvgIpc) is 3.23. The number of nitrogens with one attached hydrogen (secondary N) is 1. The summed E-state index contributed by atoms with van der Waals surface area (Å²) in [4.78, 5) is 16.6. The highest BCUT2D eigenvalue weighted by atomic mass is 35.5. The number of aliphatic imine (C=N–C) groups is 1. The molecule has 2 heterocycles. The number of hydrogen-bond acceptors (Lipinski definition) is 5. The van der Waals surface area contributed by atoms with E-state index < -0.39 is 29.1 Å². The molecule has 0 aromatic heterocycles. The molecule has 1 aromatic rings. The zero-order valence-corrected chi connectivity index (χ0v) is 17.7. The average molecular weight is 463 g/mol. The number of amides is 1. The lowest BCUT2D eigenvalue weighted by Crippen LogP contribution is -2.33. The van der Waals surface area contributed by atoms with Crippen molar-refractivity contribution in [2.75, 3.05) is 0 Å². The minimum Gasteiger partial charge on any atom is -0.350 e. The molecule has 5 nitrogen and oxygen atoms in total. The van der Waals surface area contributed by atoms with Crippen LogP contribution in [0.1, 0.15) is 38.3 Å². The van der Waals surface area contributed by atoms with Crippen molar-refractivity contribution < 1.29 is 22.4 Å². The number of halogens is 5. The summed E-state index contributed by atoms with van der Waals surface area (Å²) < 4.78 is 52.7. The second kappa shape index (κ2) is 8.97. The molecule has 0 fully saturated rings. The van der Waals surface area contributed by atoms with Crippen molar-refractivity contribution in [1.29, 1.82) is 0 Å². The van der Waals surface area contributed by atoms with Gasteiger partial charge in [0.15, 0.2) is 5.17 Å². The Morgan fingerprint density at radius 3 is 2.67 bits per heavy atom. The minimum absolute atomic E-state index is 0.00271. The van der Waals surface area contributed by atoms with Crippen molar-refractivity contribution in [3.8, 4) is 0 Å². The molecule has 2 atom stereocenters. The Balaban J connectivity index is 1.90. The van der Waals surface area contributed by atoms with Gasteiger partial charge in [0.25, 0.3) is 0 Å². The Morgan fingerprint density at radius 1 is 1.37 bits per heavy atom. The van der Waals surface area contributed by atoms with Crippen molar-refractivity contribution >= 4 is 39.5 Å². The van der Waals surface area contributed by atoms with E-state index in [-0.39, 0.29) is 22.1 Å². The van der Waals surface area contributed by atoms with Crippen LogP contribution in [0.2, 0.25) is 5.02 Å². The van der Waals surface area contributed by atoms with Gasteiger partial charge >= 0.3 is 6.18 Å². The molecule has 0 saturated heterocycles. The van der Waals surface area contributed by atoms with Crippen LogP contribution in [0.15, 0.2) is 40.4 Å². The largest absolute Gasteiger partial charge is 0.441 e. The zero-order valence-electron chi connectivity index (χ0n) is 16.1. The second-order valence-corrected chi connectivity index (χ2v) is 8.11. The number of thioether (sulfide) groups is 1. The minimum atomic E-state index is -4.61. The lowest BCUT2D eigenvalue weighted by Gasteiger charge is -2.21. The van der Waals surface area contributed by atoms with Gasteiger partial charge in [-0.05, 0) is 42.3 Å². The molecular formula is C19H19ClF4N4OS. The first-order valence-electron chi connectivity index (χ1n) is 9.28. The summed E-state index contributed by atoms with van der Waals surface area (Å²) in [6.07, 6.45) is -0.396. The van der Waals surface area contributed by atoms with E-state index in [0.717, 1.165) is 23.9 Å². The fourth-order valence-corrected chi connectivity index (χ4v) is 4.25. The van der Waals surface area contributed by atoms with Gasteiger partial charge in [-0.1, -0.05) is 37.6 Å². The van der Waals surface area contributed by atoms with Gasteiger partial charge in [-0.15, -0.1) is 0 Å². The molecule has 2 aliphatic rings. The van der Waals surface area contributed by atoms with Gasteiger partial charge in [0.05, 0.1) is 6.04 Å². The van der Waals surface area contributed by atoms with Crippen LogP contribution in [-0.2, 0) is 4.79 Å². The van der Waals surface area contributed by atoms with E-state index in [2.05, 4.69) is 15.4 Å². The van der Waals surface area contributed by atoms with E-state index in [1.54, 1.807) is 0 Å². The standard InChI is InChI=1S/C19H19ClF4N4OS/c1-3-11(4-2)25-15(29)8-7-14-16(12-6-5-10(21)9-13(12)20)26-18-28(14)27-17(30-18)19(22,23)24/h5-9,11,14,16H,3-4H2,1-2H3,(H,25,29)/b8-7+. The maximum Gasteiger partial charge on any atom is 0.441 e. The van der Waals surface area contributed by atoms with Crippen LogP contribution in [-0.4, -0.2) is 39.4 Å². The molecule has 1 N–H and O–H groups in total. The predicted octanol–water partition coefficient (Wildman–Crippen LogP) is 5.04. The molecule has 1 aromatic carbocycles. The molecule has 0 aliphatic carbocycles. The zero-order chi connectivity index (χ0) is 22.1. The van der Waals surface area contributed by atoms with Gasteiger partial charge in [0.2, 0.25) is 11.0 Å². The molecular weight excluding hydrogens is 444 g/mol. The summed E-state index contributed by atoms with van der Waals surface area (Å²) in [6.45, 7) is 3.88. The highest BCUT2D eigenvalue weighted by Crippen LogP contribution is 2.43. The first kappa shape index (κ1) is 22.6. The van der Waals surface area contributed by atoms with E-state index in [1.165, 1.54) is 24.3 Å². The Kier molecular flexibility index (Phi) is 6.76. The number of carbonyl (C=O) groups excluding carboxylic acids is 1. The van der Waals surface area contributed by atoms with E-state index >= 15 is 0 Å². The monoisotopic (exact) mass is 462 g/mol. The van der Waals surface area contributed by atoms with Crippen molar-refractivity contribution in [2.45, 2.75) is 51.0 Å². The molecule has 0 radical (unpaired) electrons. The third kappa shape index (κ3) is 4.80. The second-order valence-electron chi connectivity index (χ2n) is 6.74. The summed E-state index contributed by atoms with van der Waals surface area (Å²) in [7, 11) is 0. The molecule has 2 aliphatic heterocycles. The summed E-state index contributed by atoms with van der Waals surface area (Å²) in [5, 5.41) is 6.71. The van der Waals surface area contributed by atoms with Gasteiger partial charge in [-0.2, -0.15) is 18.3 Å².